The third kappa shape index (κ3) is 4.47. The van der Waals surface area contributed by atoms with Crippen molar-refractivity contribution in [2.75, 3.05) is 13.1 Å². The van der Waals surface area contributed by atoms with Gasteiger partial charge < -0.3 is 34.9 Å². The first-order valence-corrected chi connectivity index (χ1v) is 9.27. The molecule has 1 fully saturated rings. The summed E-state index contributed by atoms with van der Waals surface area (Å²) in [5.74, 6) is -2.40. The summed E-state index contributed by atoms with van der Waals surface area (Å²) in [5.41, 5.74) is 0.0801. The first kappa shape index (κ1) is 21.4. The molecule has 2 aromatic rings. The van der Waals surface area contributed by atoms with E-state index in [0.29, 0.717) is 5.69 Å². The molecule has 0 bridgehead atoms. The van der Waals surface area contributed by atoms with E-state index in [4.69, 9.17) is 14.8 Å². The Balaban J connectivity index is 1.69. The lowest BCUT2D eigenvalue weighted by Gasteiger charge is -2.39. The van der Waals surface area contributed by atoms with Crippen molar-refractivity contribution in [2.24, 2.45) is 0 Å². The highest BCUT2D eigenvalue weighted by molar-refractivity contribution is 6.41. The van der Waals surface area contributed by atoms with Crippen molar-refractivity contribution in [1.29, 1.82) is 0 Å². The maximum Gasteiger partial charge on any atom is 0.451 e. The molecular formula is C19H21BN2O8. The highest BCUT2D eigenvalue weighted by Gasteiger charge is 2.35. The summed E-state index contributed by atoms with van der Waals surface area (Å²) in [6.45, 7) is 2.02. The number of H-pyrrole nitrogens is 1. The second-order valence-electron chi connectivity index (χ2n) is 7.11. The molecule has 0 spiro atoms. The van der Waals surface area contributed by atoms with Crippen molar-refractivity contribution in [3.63, 3.8) is 0 Å². The molecule has 2 heterocycles. The number of carbonyl (C=O) groups excluding carboxylic acids is 1. The molecule has 1 aromatic heterocycles. The van der Waals surface area contributed by atoms with Crippen molar-refractivity contribution in [2.45, 2.75) is 25.8 Å². The molecule has 0 atom stereocenters. The Bertz CT molecular complexity index is 1030. The van der Waals surface area contributed by atoms with Crippen LogP contribution in [0.4, 0.5) is 0 Å². The summed E-state index contributed by atoms with van der Waals surface area (Å²) in [4.78, 5) is 40.2. The smallest absolute Gasteiger partial charge is 0.451 e. The fourth-order valence-corrected chi connectivity index (χ4v) is 3.18. The number of carbonyl (C=O) groups is 2. The third-order valence-electron chi connectivity index (χ3n) is 4.83. The maximum atomic E-state index is 12.4. The molecule has 1 aliphatic heterocycles. The number of pyridine rings is 1. The van der Waals surface area contributed by atoms with E-state index >= 15 is 0 Å². The zero-order chi connectivity index (χ0) is 22.0. The number of aromatic nitrogens is 1. The van der Waals surface area contributed by atoms with Crippen LogP contribution >= 0.6 is 0 Å². The van der Waals surface area contributed by atoms with Crippen LogP contribution in [0.1, 0.15) is 32.0 Å². The van der Waals surface area contributed by atoms with Crippen LogP contribution < -0.4 is 10.2 Å². The molecule has 5 N–H and O–H groups in total. The number of aromatic carboxylic acids is 1. The maximum absolute atomic E-state index is 12.4. The number of hydrogen-bond donors (Lipinski definition) is 5. The number of aryl methyl sites for hydroxylation is 2. The number of amides is 1. The van der Waals surface area contributed by atoms with Crippen molar-refractivity contribution in [3.8, 4) is 11.5 Å². The molecule has 30 heavy (non-hydrogen) atoms. The number of rotatable bonds is 7. The van der Waals surface area contributed by atoms with Crippen LogP contribution in [-0.2, 0) is 6.42 Å². The summed E-state index contributed by atoms with van der Waals surface area (Å²) in [6.07, 6.45) is 0.864. The number of ether oxygens (including phenoxy) is 1. The topological polar surface area (TPSA) is 160 Å². The number of phenols is 1. The van der Waals surface area contributed by atoms with Crippen LogP contribution in [0.3, 0.4) is 0 Å². The summed E-state index contributed by atoms with van der Waals surface area (Å²) < 4.78 is 5.65. The Kier molecular flexibility index (Phi) is 6.13. The second kappa shape index (κ2) is 8.60. The highest BCUT2D eigenvalue weighted by Crippen LogP contribution is 2.34. The zero-order valence-electron chi connectivity index (χ0n) is 16.2. The van der Waals surface area contributed by atoms with Crippen molar-refractivity contribution in [3.05, 3.63) is 57.0 Å². The molecular weight excluding hydrogens is 395 g/mol. The zero-order valence-corrected chi connectivity index (χ0v) is 16.2. The summed E-state index contributed by atoms with van der Waals surface area (Å²) >= 11 is 0. The minimum absolute atomic E-state index is 0.0124. The molecule has 3 rings (SSSR count). The van der Waals surface area contributed by atoms with Crippen molar-refractivity contribution < 1.29 is 34.6 Å². The van der Waals surface area contributed by atoms with Crippen LogP contribution in [0.2, 0.25) is 6.32 Å². The predicted octanol–water partition coefficient (Wildman–Crippen LogP) is 0.00582. The van der Waals surface area contributed by atoms with Gasteiger partial charge in [-0.2, -0.15) is 0 Å². The molecule has 1 aromatic carbocycles. The quantitative estimate of drug-likeness (QED) is 0.395. The van der Waals surface area contributed by atoms with Gasteiger partial charge in [0.05, 0.1) is 13.1 Å². The number of benzene rings is 1. The van der Waals surface area contributed by atoms with Gasteiger partial charge in [-0.3, -0.25) is 9.59 Å². The van der Waals surface area contributed by atoms with E-state index in [1.165, 1.54) is 29.3 Å². The summed E-state index contributed by atoms with van der Waals surface area (Å²) in [5, 5.41) is 37.6. The van der Waals surface area contributed by atoms with Crippen molar-refractivity contribution in [1.82, 2.24) is 9.88 Å². The molecule has 1 aliphatic rings. The number of hydrogen-bond acceptors (Lipinski definition) is 7. The molecule has 0 unspecified atom stereocenters. The van der Waals surface area contributed by atoms with Gasteiger partial charge in [0.25, 0.3) is 5.91 Å². The van der Waals surface area contributed by atoms with E-state index < -0.39 is 36.4 Å². The van der Waals surface area contributed by atoms with Gasteiger partial charge in [0.2, 0.25) is 0 Å². The van der Waals surface area contributed by atoms with Gasteiger partial charge in [-0.25, -0.2) is 4.79 Å². The van der Waals surface area contributed by atoms with Crippen LogP contribution in [0.25, 0.3) is 0 Å². The first-order valence-electron chi connectivity index (χ1n) is 9.27. The monoisotopic (exact) mass is 416 g/mol. The molecule has 0 saturated carbocycles. The van der Waals surface area contributed by atoms with Crippen LogP contribution in [0, 0.1) is 6.92 Å². The number of likely N-dealkylation sites (tertiary alicyclic amines) is 1. The number of nitrogens with one attached hydrogen (secondary N) is 1. The fraction of sp³-hybridized carbons (Fsp3) is 0.316. The summed E-state index contributed by atoms with van der Waals surface area (Å²) in [7, 11) is -1.58. The van der Waals surface area contributed by atoms with E-state index in [-0.39, 0.29) is 48.1 Å². The molecule has 11 heteroatoms. The van der Waals surface area contributed by atoms with E-state index in [1.54, 1.807) is 6.92 Å². The molecule has 158 valence electrons. The van der Waals surface area contributed by atoms with Gasteiger partial charge in [-0.1, -0.05) is 6.07 Å². The average molecular weight is 416 g/mol. The number of aromatic amines is 1. The number of aromatic hydroxyl groups is 1. The average Bonchev–Trinajstić information content (AvgIpc) is 2.62. The first-order chi connectivity index (χ1) is 14.2. The van der Waals surface area contributed by atoms with Gasteiger partial charge in [0.15, 0.2) is 5.43 Å². The van der Waals surface area contributed by atoms with Gasteiger partial charge in [-0.15, -0.1) is 0 Å². The van der Waals surface area contributed by atoms with Crippen molar-refractivity contribution >= 4 is 19.0 Å². The lowest BCUT2D eigenvalue weighted by Crippen LogP contribution is -2.56. The minimum atomic E-state index is -1.58. The molecule has 1 amide bonds. The second-order valence-corrected chi connectivity index (χ2v) is 7.11. The minimum Gasteiger partial charge on any atom is -0.507 e. The van der Waals surface area contributed by atoms with Crippen LogP contribution in [-0.4, -0.2) is 68.3 Å². The number of nitrogens with zero attached hydrogens (tertiary/aromatic N) is 1. The largest absolute Gasteiger partial charge is 0.507 e. The number of carboxylic acids is 1. The fourth-order valence-electron chi connectivity index (χ4n) is 3.18. The Hall–Kier alpha value is -3.31. The standard InChI is InChI=1S/C19H21BN2O8/c1-10-6-14(23)13(7-21-10)18(25)22-8-12(9-22)30-15-3-2-11(4-5-20(28)29)17(24)16(15)19(26)27/h2-3,6-7,12,24,28-29H,4-5,8-9H2,1H3,(H,21,23)(H,26,27). The van der Waals surface area contributed by atoms with Gasteiger partial charge in [-0.05, 0) is 31.3 Å². The molecule has 0 radical (unpaired) electrons. The molecule has 1 saturated heterocycles. The SMILES string of the molecule is Cc1cc(=O)c(C(=O)N2CC(Oc3ccc(CCB(O)O)c(O)c3C(=O)O)C2)c[nH]1. The van der Waals surface area contributed by atoms with Gasteiger partial charge in [0, 0.05) is 18.0 Å². The van der Waals surface area contributed by atoms with Crippen LogP contribution in [0.5, 0.6) is 11.5 Å². The van der Waals surface area contributed by atoms with E-state index in [0.717, 1.165) is 0 Å². The van der Waals surface area contributed by atoms with Crippen LogP contribution in [0.15, 0.2) is 29.2 Å². The van der Waals surface area contributed by atoms with E-state index in [9.17, 15) is 24.6 Å². The Morgan fingerprint density at radius 1 is 1.30 bits per heavy atom. The Morgan fingerprint density at radius 2 is 2.00 bits per heavy atom. The predicted molar refractivity (Wildman–Crippen MR) is 106 cm³/mol. The third-order valence-corrected chi connectivity index (χ3v) is 4.83. The van der Waals surface area contributed by atoms with Gasteiger partial charge in [0.1, 0.15) is 28.7 Å². The Morgan fingerprint density at radius 3 is 2.60 bits per heavy atom. The normalized spacial score (nSPS) is 13.6. The highest BCUT2D eigenvalue weighted by atomic mass is 16.5. The van der Waals surface area contributed by atoms with Gasteiger partial charge >= 0.3 is 13.1 Å². The number of carboxylic acid groups (broad SMARTS) is 1. The lowest BCUT2D eigenvalue weighted by atomic mass is 9.82. The summed E-state index contributed by atoms with van der Waals surface area (Å²) in [6, 6.07) is 4.17. The lowest BCUT2D eigenvalue weighted by molar-refractivity contribution is 0.0167. The van der Waals surface area contributed by atoms with E-state index in [1.807, 2.05) is 0 Å². The molecule has 10 nitrogen and oxygen atoms in total. The molecule has 0 aliphatic carbocycles. The Labute approximate surface area is 171 Å². The van der Waals surface area contributed by atoms with E-state index in [2.05, 4.69) is 4.98 Å².